The molecule has 0 amide bonds. The average molecular weight is 1560 g/mol. The molecule has 0 unspecified atom stereocenters. The van der Waals surface area contributed by atoms with Crippen molar-refractivity contribution in [3.05, 3.63) is 178 Å². The van der Waals surface area contributed by atoms with E-state index in [1.165, 1.54) is 130 Å². The molecular weight excluding hydrogens is 1370 g/mol. The maximum atomic E-state index is 2.54. The Balaban J connectivity index is 0. The van der Waals surface area contributed by atoms with Crippen molar-refractivity contribution >= 4 is 34.1 Å². The lowest BCUT2D eigenvalue weighted by Crippen LogP contribution is -2.46. The highest BCUT2D eigenvalue weighted by molar-refractivity contribution is 5.65. The molecule has 6 rings (SSSR count). The van der Waals surface area contributed by atoms with E-state index in [4.69, 9.17) is 0 Å². The number of anilines is 6. The van der Waals surface area contributed by atoms with Crippen LogP contribution in [0.3, 0.4) is 0 Å². The van der Waals surface area contributed by atoms with E-state index in [0.29, 0.717) is 40.8 Å². The van der Waals surface area contributed by atoms with Gasteiger partial charge in [-0.25, -0.2) is 0 Å². The summed E-state index contributed by atoms with van der Waals surface area (Å²) < 4.78 is 0. The first-order valence-electron chi connectivity index (χ1n) is 44.2. The van der Waals surface area contributed by atoms with E-state index >= 15 is 0 Å². The Hall–Kier alpha value is -5.96. The summed E-state index contributed by atoms with van der Waals surface area (Å²) in [7, 11) is 19.7. The third-order valence-electron chi connectivity index (χ3n) is 26.4. The first-order valence-corrected chi connectivity index (χ1v) is 44.2. The summed E-state index contributed by atoms with van der Waals surface area (Å²) in [5, 5.41) is 0. The van der Waals surface area contributed by atoms with E-state index in [1.54, 1.807) is 0 Å². The van der Waals surface area contributed by atoms with Gasteiger partial charge in [0.1, 0.15) is 0 Å². The Morgan fingerprint density at radius 1 is 0.239 bits per heavy atom. The molecule has 0 aromatic heterocycles. The molecule has 0 aliphatic heterocycles. The zero-order valence-corrected chi connectivity index (χ0v) is 83.5. The minimum Gasteiger partial charge on any atom is -0.370 e. The second kappa shape index (κ2) is 49.3. The van der Waals surface area contributed by atoms with Gasteiger partial charge in [0.05, 0.1) is 0 Å². The summed E-state index contributed by atoms with van der Waals surface area (Å²) in [6.07, 6.45) is 10.8. The molecule has 0 aliphatic carbocycles. The van der Waals surface area contributed by atoms with Crippen LogP contribution in [0.5, 0.6) is 0 Å². The normalized spacial score (nSPS) is 12.0. The molecule has 0 spiro atoms. The number of benzene rings is 6. The molecular formula is C105H186N8. The van der Waals surface area contributed by atoms with E-state index < -0.39 is 0 Å². The molecule has 0 bridgehead atoms. The number of nitrogens with zero attached hydrogens (tertiary/aromatic N) is 8. The predicted octanol–water partition coefficient (Wildman–Crippen LogP) is 30.2. The standard InChI is InChI=1S/C19H33N.C17H29N.C15H25N.C13H21N.C12H19N.C11H17N.C10H23N.C8H19N/c1-9-19(7,10-2)20(8)18-16(14(3)4)12-11-13-17(18)15(5)6;1-12(2)14-10-9-11-15(13(3)4)16(14)18(8)17(5,6)7;1-7-15(5,8-2)16(6)14-12(3)10-9-11-13(14)4;1-10-8-7-9-11(2)12(10)14(6)13(3,4)5;1-5-12(2,3)13(4)11-9-7-6-8-10-11;1-11(2,3)12(4)10-8-6-5-7-9-10;1-7-10(5,8-2)11(6)9(3)4;1-6-8(3,7-2)9(4)5/h11-15H,9-10H2,1-8H3;9-13H,1-8H3;9-11H,7-8H2,1-6H3;7-9H,1-6H3;6-10H,5H2,1-4H3;5-9H,1-4H3;9H,7-8H2,1-6H3;6-7H2,1-5H3. The van der Waals surface area contributed by atoms with Crippen molar-refractivity contribution < 1.29 is 0 Å². The van der Waals surface area contributed by atoms with Crippen LogP contribution >= 0.6 is 0 Å². The van der Waals surface area contributed by atoms with Crippen LogP contribution in [0.1, 0.15) is 361 Å². The molecule has 0 atom stereocenters. The molecule has 6 aromatic rings. The highest BCUT2D eigenvalue weighted by Gasteiger charge is 2.32. The van der Waals surface area contributed by atoms with Crippen molar-refractivity contribution in [1.29, 1.82) is 0 Å². The molecule has 0 saturated carbocycles. The Morgan fingerprint density at radius 2 is 0.469 bits per heavy atom. The Labute approximate surface area is 705 Å². The highest BCUT2D eigenvalue weighted by Crippen LogP contribution is 2.41. The lowest BCUT2D eigenvalue weighted by atomic mass is 9.87. The van der Waals surface area contributed by atoms with Gasteiger partial charge in [0.15, 0.2) is 0 Å². The third kappa shape index (κ3) is 33.5. The van der Waals surface area contributed by atoms with Gasteiger partial charge in [0, 0.05) is 127 Å². The van der Waals surface area contributed by atoms with E-state index in [1.807, 2.05) is 6.07 Å². The summed E-state index contributed by atoms with van der Waals surface area (Å²) in [5.41, 5.74) is 21.6. The molecule has 8 heteroatoms. The van der Waals surface area contributed by atoms with Crippen molar-refractivity contribution in [1.82, 2.24) is 9.80 Å². The van der Waals surface area contributed by atoms with Crippen LogP contribution in [-0.2, 0) is 0 Å². The zero-order chi connectivity index (χ0) is 88.5. The summed E-state index contributed by atoms with van der Waals surface area (Å²) in [4.78, 5) is 19.1. The molecule has 8 nitrogen and oxygen atoms in total. The number of hydrogen-bond donors (Lipinski definition) is 0. The Kier molecular flexibility index (Phi) is 47.6. The second-order valence-electron chi connectivity index (χ2n) is 38.8. The second-order valence-corrected chi connectivity index (χ2v) is 38.8. The molecule has 113 heavy (non-hydrogen) atoms. The SMILES string of the molecule is CC(C)c1cccc(C(C)C)c1N(C)C(C)(C)C.CCC(C)(C)N(C)c1ccccc1.CCC(C)(CC)N(C)C.CCC(C)(CC)N(C)C(C)C.CCC(C)(CC)N(C)c1c(C(C)C)cccc1C(C)C.CCC(C)(CC)N(C)c1c(C)cccc1C.CN(c1ccccc1)C(C)(C)C.Cc1cccc(C)c1N(C)C(C)(C)C. The minimum absolute atomic E-state index is 0.147. The van der Waals surface area contributed by atoms with E-state index in [9.17, 15) is 0 Å². The van der Waals surface area contributed by atoms with Crippen molar-refractivity contribution in [3.8, 4) is 0 Å². The van der Waals surface area contributed by atoms with Crippen LogP contribution in [0.2, 0.25) is 0 Å². The fourth-order valence-electron chi connectivity index (χ4n) is 13.7. The molecule has 0 aliphatic rings. The maximum absolute atomic E-state index is 2.54. The third-order valence-corrected chi connectivity index (χ3v) is 26.4. The Morgan fingerprint density at radius 3 is 0.681 bits per heavy atom. The van der Waals surface area contributed by atoms with Crippen LogP contribution in [-0.4, -0.2) is 124 Å². The zero-order valence-electron chi connectivity index (χ0n) is 83.5. The summed E-state index contributed by atoms with van der Waals surface area (Å²) in [6.45, 7) is 86.0. The number of hydrogen-bond acceptors (Lipinski definition) is 8. The molecule has 0 heterocycles. The molecule has 0 N–H and O–H groups in total. The smallest absolute Gasteiger partial charge is 0.0438 e. The monoisotopic (exact) mass is 1560 g/mol. The van der Waals surface area contributed by atoms with E-state index in [2.05, 4.69) is 493 Å². The largest absolute Gasteiger partial charge is 0.370 e. The van der Waals surface area contributed by atoms with Gasteiger partial charge in [-0.1, -0.05) is 227 Å². The topological polar surface area (TPSA) is 25.9 Å². The average Bonchev–Trinajstić information content (AvgIpc) is 0.786. The molecule has 0 saturated heterocycles. The van der Waals surface area contributed by atoms with Crippen molar-refractivity contribution in [2.45, 2.75) is 395 Å². The lowest BCUT2D eigenvalue weighted by molar-refractivity contribution is 0.0935. The van der Waals surface area contributed by atoms with Crippen molar-refractivity contribution in [2.75, 3.05) is 92.8 Å². The van der Waals surface area contributed by atoms with E-state index in [0.717, 1.165) is 6.42 Å². The molecule has 646 valence electrons. The van der Waals surface area contributed by atoms with Gasteiger partial charge >= 0.3 is 0 Å². The quantitative estimate of drug-likeness (QED) is 0.0559. The van der Waals surface area contributed by atoms with Gasteiger partial charge in [0.25, 0.3) is 0 Å². The summed E-state index contributed by atoms with van der Waals surface area (Å²) in [5.74, 6) is 2.24. The van der Waals surface area contributed by atoms with Gasteiger partial charge in [-0.2, -0.15) is 0 Å². The van der Waals surface area contributed by atoms with Gasteiger partial charge in [-0.05, 0) is 317 Å². The van der Waals surface area contributed by atoms with Crippen LogP contribution in [0, 0.1) is 27.7 Å². The van der Waals surface area contributed by atoms with Crippen LogP contribution in [0.4, 0.5) is 34.1 Å². The molecule has 0 fully saturated rings. The highest BCUT2D eigenvalue weighted by atomic mass is 15.2. The lowest BCUT2D eigenvalue weighted by Gasteiger charge is -2.42. The van der Waals surface area contributed by atoms with Gasteiger partial charge in [-0.3, -0.25) is 4.90 Å². The number of aryl methyl sites for hydroxylation is 4. The predicted molar refractivity (Wildman–Crippen MR) is 521 cm³/mol. The van der Waals surface area contributed by atoms with Crippen LogP contribution < -0.4 is 29.4 Å². The van der Waals surface area contributed by atoms with Crippen molar-refractivity contribution in [3.63, 3.8) is 0 Å². The first kappa shape index (κ1) is 109. The fourth-order valence-corrected chi connectivity index (χ4v) is 13.7. The summed E-state index contributed by atoms with van der Waals surface area (Å²) in [6, 6.07) is 48.2. The van der Waals surface area contributed by atoms with Gasteiger partial charge < -0.3 is 34.3 Å². The van der Waals surface area contributed by atoms with Gasteiger partial charge in [0.2, 0.25) is 0 Å². The maximum Gasteiger partial charge on any atom is 0.0438 e. The van der Waals surface area contributed by atoms with Gasteiger partial charge in [-0.15, -0.1) is 0 Å². The number of rotatable bonds is 25. The van der Waals surface area contributed by atoms with Crippen molar-refractivity contribution in [2.24, 2.45) is 0 Å². The van der Waals surface area contributed by atoms with Crippen LogP contribution in [0.25, 0.3) is 0 Å². The van der Waals surface area contributed by atoms with Crippen LogP contribution in [0.15, 0.2) is 133 Å². The molecule has 6 aromatic carbocycles. The number of para-hydroxylation sites is 6. The Bertz CT molecular complexity index is 3410. The minimum atomic E-state index is 0.147. The fraction of sp³-hybridized carbons (Fsp3) is 0.657. The summed E-state index contributed by atoms with van der Waals surface area (Å²) >= 11 is 0. The van der Waals surface area contributed by atoms with E-state index in [-0.39, 0.29) is 33.2 Å². The first-order chi connectivity index (χ1) is 51.9. The molecule has 0 radical (unpaired) electrons.